The average Bonchev–Trinajstić information content (AvgIpc) is 3.43. The Kier molecular flexibility index (Phi) is 4.71. The highest BCUT2D eigenvalue weighted by Crippen LogP contribution is 2.71. The van der Waals surface area contributed by atoms with Crippen molar-refractivity contribution in [2.75, 3.05) is 6.61 Å². The van der Waals surface area contributed by atoms with E-state index >= 15 is 0 Å². The predicted molar refractivity (Wildman–Crippen MR) is 131 cm³/mol. The molecule has 5 aliphatic rings. The van der Waals surface area contributed by atoms with Gasteiger partial charge in [0.2, 0.25) is 0 Å². The zero-order chi connectivity index (χ0) is 24.2. The van der Waals surface area contributed by atoms with Gasteiger partial charge in [-0.1, -0.05) is 20.8 Å². The second-order valence-electron chi connectivity index (χ2n) is 13.7. The van der Waals surface area contributed by atoms with Gasteiger partial charge in [-0.25, -0.2) is 4.39 Å². The Hall–Kier alpha value is -1.82. The Morgan fingerprint density at radius 3 is 2.74 bits per heavy atom. The molecule has 0 N–H and O–H groups in total. The molecular formula is C29H38FN3O2. The van der Waals surface area contributed by atoms with Gasteiger partial charge in [0.1, 0.15) is 23.4 Å². The fourth-order valence-corrected chi connectivity index (χ4v) is 9.90. The van der Waals surface area contributed by atoms with Crippen LogP contribution in [0.3, 0.4) is 0 Å². The van der Waals surface area contributed by atoms with Crippen LogP contribution < -0.4 is 0 Å². The Balaban J connectivity index is 1.12. The van der Waals surface area contributed by atoms with Crippen molar-refractivity contribution in [1.29, 1.82) is 0 Å². The summed E-state index contributed by atoms with van der Waals surface area (Å²) in [7, 11) is 0. The van der Waals surface area contributed by atoms with Crippen LogP contribution in [0.25, 0.3) is 11.0 Å². The van der Waals surface area contributed by atoms with Gasteiger partial charge in [0.05, 0.1) is 12.7 Å². The molecule has 5 nitrogen and oxygen atoms in total. The summed E-state index contributed by atoms with van der Waals surface area (Å²) >= 11 is 0. The summed E-state index contributed by atoms with van der Waals surface area (Å²) in [5.74, 6) is 2.81. The number of Topliss-reactive ketones (excluding diaryl/α,β-unsaturated/α-hetero) is 1. The average molecular weight is 480 g/mol. The van der Waals surface area contributed by atoms with E-state index in [1.54, 1.807) is 6.07 Å². The van der Waals surface area contributed by atoms with Crippen molar-refractivity contribution in [3.63, 3.8) is 0 Å². The summed E-state index contributed by atoms with van der Waals surface area (Å²) in [6.07, 6.45) is 10.1. The number of fused-ring (bicyclic) bond motifs is 4. The third-order valence-corrected chi connectivity index (χ3v) is 11.5. The zero-order valence-electron chi connectivity index (χ0n) is 21.3. The van der Waals surface area contributed by atoms with E-state index in [1.807, 2.05) is 0 Å². The van der Waals surface area contributed by atoms with Crippen molar-refractivity contribution in [3.8, 4) is 0 Å². The summed E-state index contributed by atoms with van der Waals surface area (Å²) in [6.45, 7) is 8.46. The number of rotatable bonds is 3. The van der Waals surface area contributed by atoms with Crippen LogP contribution in [0.4, 0.5) is 4.39 Å². The van der Waals surface area contributed by atoms with E-state index in [0.717, 1.165) is 37.7 Å². The molecule has 0 radical (unpaired) electrons. The molecule has 6 heteroatoms. The van der Waals surface area contributed by atoms with Gasteiger partial charge in [-0.15, -0.1) is 0 Å². The molecule has 0 amide bonds. The molecule has 0 spiro atoms. The minimum absolute atomic E-state index is 0.0633. The van der Waals surface area contributed by atoms with Gasteiger partial charge in [-0.2, -0.15) is 15.0 Å². The lowest BCUT2D eigenvalue weighted by Gasteiger charge is -2.60. The molecule has 1 aromatic carbocycles. The highest BCUT2D eigenvalue weighted by atomic mass is 19.1. The molecule has 7 rings (SSSR count). The third-order valence-electron chi connectivity index (χ3n) is 11.5. The Morgan fingerprint density at radius 1 is 1.06 bits per heavy atom. The number of ether oxygens (including phenoxy) is 1. The van der Waals surface area contributed by atoms with Gasteiger partial charge in [-0.05, 0) is 98.0 Å². The molecule has 2 unspecified atom stereocenters. The van der Waals surface area contributed by atoms with E-state index in [1.165, 1.54) is 49.0 Å². The number of hydrogen-bond acceptors (Lipinski definition) is 4. The lowest BCUT2D eigenvalue weighted by molar-refractivity contribution is -0.137. The first-order valence-electron chi connectivity index (χ1n) is 13.8. The Labute approximate surface area is 207 Å². The number of aromatic nitrogens is 3. The number of benzene rings is 1. The highest BCUT2D eigenvalue weighted by Gasteiger charge is 2.67. The highest BCUT2D eigenvalue weighted by molar-refractivity contribution is 5.82. The SMILES string of the molecule is CC1(C)CC[C@]23CO[C@H](C[C@@H]4C2CC[C@]2(C)[C@@H](C(=O)Cn5nc6ccc(F)cc6n5)CC[C@@H]42)C3C1. The van der Waals surface area contributed by atoms with E-state index in [4.69, 9.17) is 4.74 Å². The first kappa shape index (κ1) is 22.4. The molecule has 2 aromatic rings. The van der Waals surface area contributed by atoms with Crippen molar-refractivity contribution in [3.05, 3.63) is 24.0 Å². The molecule has 4 aliphatic carbocycles. The third kappa shape index (κ3) is 3.17. The van der Waals surface area contributed by atoms with Gasteiger partial charge in [-0.3, -0.25) is 4.79 Å². The van der Waals surface area contributed by atoms with E-state index < -0.39 is 0 Å². The van der Waals surface area contributed by atoms with Crippen molar-refractivity contribution in [2.45, 2.75) is 84.8 Å². The molecule has 4 saturated carbocycles. The Bertz CT molecular complexity index is 1190. The molecule has 1 aromatic heterocycles. The summed E-state index contributed by atoms with van der Waals surface area (Å²) in [6, 6.07) is 4.41. The molecule has 2 heterocycles. The van der Waals surface area contributed by atoms with Gasteiger partial charge in [0.15, 0.2) is 5.78 Å². The standard InChI is InChI=1S/C29H38FN3O2/c1-27(2)10-11-29-16-35-26(22(29)14-27)13-18-19-5-6-21(28(19,3)9-8-20(18)29)25(34)15-33-31-23-7-4-17(30)12-24(23)32-33/h4,7,12,18-22,26H,5-6,8-11,13-16H2,1-3H3/t18-,19-,20?,21+,22?,26+,28-,29-/m0/s1. The van der Waals surface area contributed by atoms with Crippen LogP contribution in [0.15, 0.2) is 18.2 Å². The fourth-order valence-electron chi connectivity index (χ4n) is 9.90. The van der Waals surface area contributed by atoms with Crippen LogP contribution >= 0.6 is 0 Å². The number of ketones is 1. The van der Waals surface area contributed by atoms with Crippen LogP contribution in [0.1, 0.15) is 72.1 Å². The number of nitrogens with zero attached hydrogens (tertiary/aromatic N) is 3. The first-order chi connectivity index (χ1) is 16.7. The number of hydrogen-bond donors (Lipinski definition) is 0. The van der Waals surface area contributed by atoms with E-state index in [-0.39, 0.29) is 29.5 Å². The molecule has 2 bridgehead atoms. The van der Waals surface area contributed by atoms with Gasteiger partial charge >= 0.3 is 0 Å². The molecule has 5 fully saturated rings. The normalized spacial score (nSPS) is 43.5. The van der Waals surface area contributed by atoms with Crippen LogP contribution in [0.2, 0.25) is 0 Å². The molecule has 35 heavy (non-hydrogen) atoms. The summed E-state index contributed by atoms with van der Waals surface area (Å²) in [4.78, 5) is 15.1. The molecule has 8 atom stereocenters. The second-order valence-corrected chi connectivity index (χ2v) is 13.7. The predicted octanol–water partition coefficient (Wildman–Crippen LogP) is 5.81. The molecule has 1 saturated heterocycles. The molecular weight excluding hydrogens is 441 g/mol. The van der Waals surface area contributed by atoms with Crippen molar-refractivity contribution >= 4 is 16.8 Å². The summed E-state index contributed by atoms with van der Waals surface area (Å²) < 4.78 is 20.1. The quantitative estimate of drug-likeness (QED) is 0.557. The summed E-state index contributed by atoms with van der Waals surface area (Å²) in [5, 5.41) is 8.83. The van der Waals surface area contributed by atoms with Gasteiger partial charge in [0.25, 0.3) is 0 Å². The van der Waals surface area contributed by atoms with Gasteiger partial charge in [0, 0.05) is 17.4 Å². The van der Waals surface area contributed by atoms with E-state index in [2.05, 4.69) is 31.0 Å². The summed E-state index contributed by atoms with van der Waals surface area (Å²) in [5.41, 5.74) is 2.04. The van der Waals surface area contributed by atoms with Crippen LogP contribution in [-0.2, 0) is 16.1 Å². The largest absolute Gasteiger partial charge is 0.377 e. The van der Waals surface area contributed by atoms with Crippen molar-refractivity contribution in [2.24, 2.45) is 45.8 Å². The maximum Gasteiger partial charge on any atom is 0.159 e. The monoisotopic (exact) mass is 479 g/mol. The number of halogens is 1. The van der Waals surface area contributed by atoms with Crippen LogP contribution in [-0.4, -0.2) is 33.5 Å². The maximum atomic E-state index is 13.6. The van der Waals surface area contributed by atoms with E-state index in [9.17, 15) is 9.18 Å². The minimum Gasteiger partial charge on any atom is -0.377 e. The Morgan fingerprint density at radius 2 is 1.89 bits per heavy atom. The number of carbonyl (C=O) groups is 1. The van der Waals surface area contributed by atoms with Crippen LogP contribution in [0, 0.1) is 51.7 Å². The molecule has 1 aliphatic heterocycles. The lowest BCUT2D eigenvalue weighted by atomic mass is 9.43. The first-order valence-corrected chi connectivity index (χ1v) is 13.8. The topological polar surface area (TPSA) is 57.0 Å². The van der Waals surface area contributed by atoms with Crippen LogP contribution in [0.5, 0.6) is 0 Å². The van der Waals surface area contributed by atoms with Crippen molar-refractivity contribution < 1.29 is 13.9 Å². The minimum atomic E-state index is -0.326. The van der Waals surface area contributed by atoms with E-state index in [0.29, 0.717) is 39.8 Å². The van der Waals surface area contributed by atoms with Crippen molar-refractivity contribution in [1.82, 2.24) is 15.0 Å². The second kappa shape index (κ2) is 7.36. The zero-order valence-corrected chi connectivity index (χ0v) is 21.3. The molecule has 188 valence electrons. The van der Waals surface area contributed by atoms with Gasteiger partial charge < -0.3 is 4.74 Å². The number of carbonyl (C=O) groups excluding carboxylic acids is 1. The maximum absolute atomic E-state index is 13.6. The fraction of sp³-hybridized carbons (Fsp3) is 0.759. The smallest absolute Gasteiger partial charge is 0.159 e. The lowest BCUT2D eigenvalue weighted by Crippen LogP contribution is -2.57.